The van der Waals surface area contributed by atoms with Crippen molar-refractivity contribution >= 4 is 17.8 Å². The van der Waals surface area contributed by atoms with Gasteiger partial charge < -0.3 is 10.2 Å². The summed E-state index contributed by atoms with van der Waals surface area (Å²) in [6.45, 7) is 3.26. The average molecular weight is 381 g/mol. The van der Waals surface area contributed by atoms with Crippen LogP contribution in [0.25, 0.3) is 6.08 Å². The highest BCUT2D eigenvalue weighted by molar-refractivity contribution is 5.90. The monoisotopic (exact) mass is 381 g/mol. The van der Waals surface area contributed by atoms with Crippen LogP contribution < -0.4 is 10.8 Å². The highest BCUT2D eigenvalue weighted by atomic mass is 16.5. The summed E-state index contributed by atoms with van der Waals surface area (Å²) in [6.07, 6.45) is 10.5. The second-order valence-corrected chi connectivity index (χ2v) is 7.01. The van der Waals surface area contributed by atoms with E-state index in [4.69, 9.17) is 5.21 Å². The van der Waals surface area contributed by atoms with E-state index in [0.29, 0.717) is 11.7 Å². The predicted molar refractivity (Wildman–Crippen MR) is 109 cm³/mol. The number of likely N-dealkylation sites (tertiary alicyclic amines) is 1. The maximum Gasteiger partial charge on any atom is 0.267 e. The van der Waals surface area contributed by atoms with Crippen molar-refractivity contribution in [3.63, 3.8) is 0 Å². The lowest BCUT2D eigenvalue weighted by Gasteiger charge is -2.33. The second-order valence-electron chi connectivity index (χ2n) is 7.01. The van der Waals surface area contributed by atoms with Gasteiger partial charge >= 0.3 is 0 Å². The topological polar surface area (TPSA) is 90.4 Å². The molecule has 148 valence electrons. The lowest BCUT2D eigenvalue weighted by atomic mass is 10.0. The number of hydroxylamine groups is 1. The number of aryl methyl sites for hydroxylation is 1. The summed E-state index contributed by atoms with van der Waals surface area (Å²) in [6, 6.07) is 11.0. The highest BCUT2D eigenvalue weighted by Gasteiger charge is 2.19. The van der Waals surface area contributed by atoms with Crippen molar-refractivity contribution in [3.8, 4) is 0 Å². The summed E-state index contributed by atoms with van der Waals surface area (Å²) >= 11 is 0. The Morgan fingerprint density at radius 3 is 2.86 bits per heavy atom. The van der Waals surface area contributed by atoms with Crippen molar-refractivity contribution in [3.05, 3.63) is 60.1 Å². The van der Waals surface area contributed by atoms with Gasteiger partial charge in [0.25, 0.3) is 5.91 Å². The molecule has 1 amide bonds. The van der Waals surface area contributed by atoms with Gasteiger partial charge in [0.15, 0.2) is 0 Å². The van der Waals surface area contributed by atoms with Gasteiger partial charge in [-0.05, 0) is 50.4 Å². The first kappa shape index (κ1) is 20.0. The van der Waals surface area contributed by atoms with Gasteiger partial charge in [-0.2, -0.15) is 0 Å². The van der Waals surface area contributed by atoms with Gasteiger partial charge in [0.2, 0.25) is 0 Å². The number of carbonyl (C=O) groups excluding carboxylic acids is 1. The number of carbonyl (C=O) groups is 1. The minimum Gasteiger partial charge on any atom is -0.365 e. The van der Waals surface area contributed by atoms with Gasteiger partial charge in [-0.1, -0.05) is 30.3 Å². The molecule has 0 unspecified atom stereocenters. The van der Waals surface area contributed by atoms with Gasteiger partial charge in [0.05, 0.1) is 18.1 Å². The molecule has 1 aromatic carbocycles. The molecule has 0 spiro atoms. The Morgan fingerprint density at radius 1 is 1.25 bits per heavy atom. The molecule has 1 atom stereocenters. The highest BCUT2D eigenvalue weighted by Crippen LogP contribution is 2.15. The van der Waals surface area contributed by atoms with E-state index in [2.05, 4.69) is 50.5 Å². The van der Waals surface area contributed by atoms with E-state index in [1.165, 1.54) is 36.0 Å². The molecule has 0 aliphatic carbocycles. The lowest BCUT2D eigenvalue weighted by Crippen LogP contribution is -2.42. The van der Waals surface area contributed by atoms with Crippen molar-refractivity contribution in [2.24, 2.45) is 0 Å². The largest absolute Gasteiger partial charge is 0.365 e. The van der Waals surface area contributed by atoms with Crippen LogP contribution in [0.15, 0.2) is 48.8 Å². The second kappa shape index (κ2) is 10.5. The smallest absolute Gasteiger partial charge is 0.267 e. The van der Waals surface area contributed by atoms with Gasteiger partial charge in [-0.3, -0.25) is 15.0 Å². The maximum atomic E-state index is 11.0. The summed E-state index contributed by atoms with van der Waals surface area (Å²) in [5.41, 5.74) is 3.49. The molecule has 0 radical (unpaired) electrons. The minimum absolute atomic E-state index is 0.362. The Morgan fingerprint density at radius 2 is 2.11 bits per heavy atom. The summed E-state index contributed by atoms with van der Waals surface area (Å²) in [7, 11) is 0. The van der Waals surface area contributed by atoms with Crippen molar-refractivity contribution in [1.29, 1.82) is 0 Å². The zero-order chi connectivity index (χ0) is 19.6. The molecule has 3 N–H and O–H groups in total. The van der Waals surface area contributed by atoms with Crippen molar-refractivity contribution in [1.82, 2.24) is 20.3 Å². The molecule has 2 aromatic rings. The maximum absolute atomic E-state index is 11.0. The number of nitrogens with zero attached hydrogens (tertiary/aromatic N) is 3. The first-order valence-electron chi connectivity index (χ1n) is 9.70. The number of aromatic nitrogens is 2. The molecule has 1 aromatic heterocycles. The van der Waals surface area contributed by atoms with Crippen LogP contribution in [0, 0.1) is 0 Å². The molecule has 2 heterocycles. The fourth-order valence-electron chi connectivity index (χ4n) is 3.43. The van der Waals surface area contributed by atoms with E-state index in [-0.39, 0.29) is 0 Å². The SMILES string of the molecule is O=C(/C=C/c1cnc(N[C@@H]2CCCN(CCCc3ccccc3)C2)cn1)NO. The van der Waals surface area contributed by atoms with Crippen LogP contribution in [-0.4, -0.2) is 51.7 Å². The molecule has 3 rings (SSSR count). The fraction of sp³-hybridized carbons (Fsp3) is 0.381. The molecule has 0 saturated carbocycles. The summed E-state index contributed by atoms with van der Waals surface area (Å²) in [4.78, 5) is 22.1. The third kappa shape index (κ3) is 6.44. The van der Waals surface area contributed by atoms with Crippen LogP contribution >= 0.6 is 0 Å². The standard InChI is InChI=1S/C21H27N5O2/c27-21(25-28)11-10-18-14-23-20(15-22-18)24-19-9-5-13-26(16-19)12-4-8-17-6-2-1-3-7-17/h1-3,6-7,10-11,14-15,19,28H,4-5,8-9,12-13,16H2,(H,23,24)(H,25,27)/b11-10+/t19-/m1/s1. The zero-order valence-electron chi connectivity index (χ0n) is 15.9. The van der Waals surface area contributed by atoms with E-state index < -0.39 is 5.91 Å². The van der Waals surface area contributed by atoms with Gasteiger partial charge in [-0.15, -0.1) is 0 Å². The van der Waals surface area contributed by atoms with Crippen LogP contribution in [0.2, 0.25) is 0 Å². The average Bonchev–Trinajstić information content (AvgIpc) is 2.74. The van der Waals surface area contributed by atoms with Crippen LogP contribution in [0.1, 0.15) is 30.5 Å². The molecule has 7 heteroatoms. The van der Waals surface area contributed by atoms with Crippen molar-refractivity contribution < 1.29 is 10.0 Å². The molecular formula is C21H27N5O2. The van der Waals surface area contributed by atoms with Crippen LogP contribution in [0.5, 0.6) is 0 Å². The van der Waals surface area contributed by atoms with Crippen LogP contribution in [0.3, 0.4) is 0 Å². The Labute approximate surface area is 165 Å². The molecule has 1 aliphatic heterocycles. The van der Waals surface area contributed by atoms with Gasteiger partial charge in [0, 0.05) is 18.7 Å². The minimum atomic E-state index is -0.599. The third-order valence-electron chi connectivity index (χ3n) is 4.83. The third-order valence-corrected chi connectivity index (χ3v) is 4.83. The van der Waals surface area contributed by atoms with E-state index >= 15 is 0 Å². The zero-order valence-corrected chi connectivity index (χ0v) is 15.9. The molecule has 1 fully saturated rings. The molecular weight excluding hydrogens is 354 g/mol. The number of anilines is 1. The molecule has 1 aliphatic rings. The van der Waals surface area contributed by atoms with Crippen molar-refractivity contribution in [2.45, 2.75) is 31.7 Å². The molecule has 0 bridgehead atoms. The Bertz CT molecular complexity index is 764. The van der Waals surface area contributed by atoms with Gasteiger partial charge in [-0.25, -0.2) is 10.5 Å². The predicted octanol–water partition coefficient (Wildman–Crippen LogP) is 2.50. The fourth-order valence-corrected chi connectivity index (χ4v) is 3.43. The van der Waals surface area contributed by atoms with Crippen molar-refractivity contribution in [2.75, 3.05) is 25.0 Å². The number of piperidine rings is 1. The molecule has 7 nitrogen and oxygen atoms in total. The van der Waals surface area contributed by atoms with Gasteiger partial charge in [0.1, 0.15) is 5.82 Å². The quantitative estimate of drug-likeness (QED) is 0.370. The summed E-state index contributed by atoms with van der Waals surface area (Å²) < 4.78 is 0. The normalized spacial score (nSPS) is 17.5. The number of amides is 1. The number of nitrogens with one attached hydrogen (secondary N) is 2. The van der Waals surface area contributed by atoms with Crippen LogP contribution in [-0.2, 0) is 11.2 Å². The molecule has 1 saturated heterocycles. The Hall–Kier alpha value is -2.77. The van der Waals surface area contributed by atoms with Crippen LogP contribution in [0.4, 0.5) is 5.82 Å². The Kier molecular flexibility index (Phi) is 7.52. The summed E-state index contributed by atoms with van der Waals surface area (Å²) in [5, 5.41) is 11.9. The van der Waals surface area contributed by atoms with E-state index in [0.717, 1.165) is 38.3 Å². The first-order chi connectivity index (χ1) is 13.7. The number of benzene rings is 1. The number of rotatable bonds is 8. The van der Waals surface area contributed by atoms with E-state index in [9.17, 15) is 4.79 Å². The number of hydrogen-bond donors (Lipinski definition) is 3. The lowest BCUT2D eigenvalue weighted by molar-refractivity contribution is -0.124. The number of hydrogen-bond acceptors (Lipinski definition) is 6. The molecule has 28 heavy (non-hydrogen) atoms. The van der Waals surface area contributed by atoms with E-state index in [1.54, 1.807) is 12.4 Å². The first-order valence-corrected chi connectivity index (χ1v) is 9.70. The summed E-state index contributed by atoms with van der Waals surface area (Å²) in [5.74, 6) is 0.137. The Balaban J connectivity index is 1.44. The van der Waals surface area contributed by atoms with E-state index in [1.807, 2.05) is 0 Å².